The van der Waals surface area contributed by atoms with Crippen LogP contribution in [0.1, 0.15) is 27.1 Å². The zero-order valence-corrected chi connectivity index (χ0v) is 17.9. The minimum atomic E-state index is 0.173. The van der Waals surface area contributed by atoms with E-state index in [1.54, 1.807) is 11.3 Å². The number of nitrogens with zero attached hydrogens (tertiary/aromatic N) is 2. The third-order valence-electron chi connectivity index (χ3n) is 5.98. The van der Waals surface area contributed by atoms with Gasteiger partial charge in [0.25, 0.3) is 0 Å². The maximum atomic E-state index is 12.8. The Morgan fingerprint density at radius 2 is 1.87 bits per heavy atom. The van der Waals surface area contributed by atoms with E-state index in [0.717, 1.165) is 42.2 Å². The first-order chi connectivity index (χ1) is 14.7. The number of carbonyl (C=O) groups excluding carboxylic acids is 1. The molecule has 3 heterocycles. The van der Waals surface area contributed by atoms with Crippen LogP contribution >= 0.6 is 11.3 Å². The number of hydrogen-bond donors (Lipinski definition) is 0. The molecule has 1 amide bonds. The lowest BCUT2D eigenvalue weighted by Crippen LogP contribution is -2.33. The Labute approximate surface area is 181 Å². The number of amides is 1. The van der Waals surface area contributed by atoms with E-state index in [2.05, 4.69) is 47.4 Å². The third-order valence-corrected chi connectivity index (χ3v) is 6.86. The number of fused-ring (bicyclic) bond motifs is 2. The summed E-state index contributed by atoms with van der Waals surface area (Å²) in [5.74, 6) is 1.08. The summed E-state index contributed by atoms with van der Waals surface area (Å²) in [6.45, 7) is 4.80. The van der Waals surface area contributed by atoms with Gasteiger partial charge in [0.2, 0.25) is 5.91 Å². The average Bonchev–Trinajstić information content (AvgIpc) is 3.18. The molecule has 0 spiro atoms. The third kappa shape index (κ3) is 4.27. The number of carbonyl (C=O) groups is 1. The van der Waals surface area contributed by atoms with Crippen molar-refractivity contribution >= 4 is 17.2 Å². The summed E-state index contributed by atoms with van der Waals surface area (Å²) in [6, 6.07) is 19.2. The minimum absolute atomic E-state index is 0.173. The SMILES string of the molecule is O=C(Cc1cccs1)N1CCOc2ccc(CN3CCc4ccccc4C3)cc2C1. The fraction of sp³-hybridized carbons (Fsp3) is 0.320. The predicted molar refractivity (Wildman–Crippen MR) is 120 cm³/mol. The molecule has 4 nitrogen and oxygen atoms in total. The Balaban J connectivity index is 1.28. The second-order valence-corrected chi connectivity index (χ2v) is 9.12. The molecule has 0 atom stereocenters. The molecule has 0 fully saturated rings. The second kappa shape index (κ2) is 8.62. The van der Waals surface area contributed by atoms with E-state index in [0.29, 0.717) is 26.1 Å². The van der Waals surface area contributed by atoms with Gasteiger partial charge in [0.05, 0.1) is 13.0 Å². The summed E-state index contributed by atoms with van der Waals surface area (Å²) in [5.41, 5.74) is 5.31. The zero-order chi connectivity index (χ0) is 20.3. The van der Waals surface area contributed by atoms with Crippen molar-refractivity contribution in [3.8, 4) is 5.75 Å². The lowest BCUT2D eigenvalue weighted by molar-refractivity contribution is -0.131. The Kier molecular flexibility index (Phi) is 5.56. The number of ether oxygens (including phenoxy) is 1. The summed E-state index contributed by atoms with van der Waals surface area (Å²) < 4.78 is 5.95. The first-order valence-corrected chi connectivity index (χ1v) is 11.5. The molecule has 1 aromatic heterocycles. The Bertz CT molecular complexity index is 1030. The van der Waals surface area contributed by atoms with Crippen molar-refractivity contribution < 1.29 is 9.53 Å². The van der Waals surface area contributed by atoms with Crippen LogP contribution in [0.5, 0.6) is 5.75 Å². The van der Waals surface area contributed by atoms with Crippen LogP contribution in [0.15, 0.2) is 60.0 Å². The van der Waals surface area contributed by atoms with Crippen molar-refractivity contribution in [2.24, 2.45) is 0 Å². The molecule has 5 rings (SSSR count). The van der Waals surface area contributed by atoms with Crippen LogP contribution in [0.25, 0.3) is 0 Å². The highest BCUT2D eigenvalue weighted by molar-refractivity contribution is 7.10. The van der Waals surface area contributed by atoms with Crippen LogP contribution in [-0.4, -0.2) is 35.4 Å². The molecule has 2 aromatic carbocycles. The molecule has 0 saturated carbocycles. The van der Waals surface area contributed by atoms with E-state index in [1.165, 1.54) is 16.7 Å². The fourth-order valence-corrected chi connectivity index (χ4v) is 5.08. The van der Waals surface area contributed by atoms with Gasteiger partial charge in [-0.25, -0.2) is 0 Å². The van der Waals surface area contributed by atoms with Crippen LogP contribution in [-0.2, 0) is 37.3 Å². The number of rotatable bonds is 4. The Hall–Kier alpha value is -2.63. The highest BCUT2D eigenvalue weighted by Gasteiger charge is 2.21. The Morgan fingerprint density at radius 3 is 2.73 bits per heavy atom. The van der Waals surface area contributed by atoms with Gasteiger partial charge in [0.1, 0.15) is 12.4 Å². The van der Waals surface area contributed by atoms with Crippen molar-refractivity contribution in [3.05, 3.63) is 87.1 Å². The minimum Gasteiger partial charge on any atom is -0.491 e. The van der Waals surface area contributed by atoms with Crippen molar-refractivity contribution in [3.63, 3.8) is 0 Å². The molecule has 30 heavy (non-hydrogen) atoms. The molecule has 0 N–H and O–H groups in total. The molecule has 154 valence electrons. The molecular weight excluding hydrogens is 392 g/mol. The number of benzene rings is 2. The first-order valence-electron chi connectivity index (χ1n) is 10.6. The largest absolute Gasteiger partial charge is 0.491 e. The van der Waals surface area contributed by atoms with E-state index in [9.17, 15) is 4.79 Å². The van der Waals surface area contributed by atoms with Crippen LogP contribution in [0, 0.1) is 0 Å². The molecular formula is C25H26N2O2S. The summed E-state index contributed by atoms with van der Waals surface area (Å²) in [7, 11) is 0. The molecule has 0 bridgehead atoms. The lowest BCUT2D eigenvalue weighted by atomic mass is 9.99. The number of hydrogen-bond acceptors (Lipinski definition) is 4. The van der Waals surface area contributed by atoms with E-state index in [1.807, 2.05) is 22.4 Å². The van der Waals surface area contributed by atoms with E-state index >= 15 is 0 Å². The van der Waals surface area contributed by atoms with Gasteiger partial charge >= 0.3 is 0 Å². The predicted octanol–water partition coefficient (Wildman–Crippen LogP) is 4.27. The summed E-state index contributed by atoms with van der Waals surface area (Å²) in [6.07, 6.45) is 1.58. The lowest BCUT2D eigenvalue weighted by Gasteiger charge is -2.29. The molecule has 2 aliphatic rings. The summed E-state index contributed by atoms with van der Waals surface area (Å²) >= 11 is 1.64. The van der Waals surface area contributed by atoms with E-state index in [4.69, 9.17) is 4.74 Å². The quantitative estimate of drug-likeness (QED) is 0.634. The maximum Gasteiger partial charge on any atom is 0.228 e. The van der Waals surface area contributed by atoms with Gasteiger partial charge in [-0.3, -0.25) is 9.69 Å². The summed E-state index contributed by atoms with van der Waals surface area (Å²) in [4.78, 5) is 18.4. The van der Waals surface area contributed by atoms with Gasteiger partial charge in [0, 0.05) is 36.6 Å². The fourth-order valence-electron chi connectivity index (χ4n) is 4.38. The van der Waals surface area contributed by atoms with Crippen LogP contribution in [0.2, 0.25) is 0 Å². The Morgan fingerprint density at radius 1 is 0.967 bits per heavy atom. The maximum absolute atomic E-state index is 12.8. The standard InChI is InChI=1S/C25H26N2O2S/c28-25(15-23-6-3-13-30-23)27-11-12-29-24-8-7-19(14-22(24)18-27)16-26-10-9-20-4-1-2-5-21(20)17-26/h1-8,13-14H,9-12,15-18H2. The van der Waals surface area contributed by atoms with Crippen LogP contribution in [0.4, 0.5) is 0 Å². The second-order valence-electron chi connectivity index (χ2n) is 8.09. The van der Waals surface area contributed by atoms with Crippen molar-refractivity contribution in [2.75, 3.05) is 19.7 Å². The van der Waals surface area contributed by atoms with Gasteiger partial charge in [-0.2, -0.15) is 0 Å². The van der Waals surface area contributed by atoms with Crippen molar-refractivity contribution in [2.45, 2.75) is 32.5 Å². The van der Waals surface area contributed by atoms with E-state index < -0.39 is 0 Å². The van der Waals surface area contributed by atoms with Crippen LogP contribution < -0.4 is 4.74 Å². The van der Waals surface area contributed by atoms with Gasteiger partial charge in [0.15, 0.2) is 0 Å². The van der Waals surface area contributed by atoms with E-state index in [-0.39, 0.29) is 5.91 Å². The normalized spacial score (nSPS) is 16.3. The molecule has 5 heteroatoms. The van der Waals surface area contributed by atoms with Gasteiger partial charge < -0.3 is 9.64 Å². The van der Waals surface area contributed by atoms with Crippen LogP contribution in [0.3, 0.4) is 0 Å². The van der Waals surface area contributed by atoms with Crippen molar-refractivity contribution in [1.29, 1.82) is 0 Å². The van der Waals surface area contributed by atoms with Gasteiger partial charge in [-0.15, -0.1) is 11.3 Å². The molecule has 0 radical (unpaired) electrons. The topological polar surface area (TPSA) is 32.8 Å². The summed E-state index contributed by atoms with van der Waals surface area (Å²) in [5, 5.41) is 2.02. The molecule has 0 saturated heterocycles. The molecule has 3 aromatic rings. The highest BCUT2D eigenvalue weighted by atomic mass is 32.1. The van der Waals surface area contributed by atoms with Crippen molar-refractivity contribution in [1.82, 2.24) is 9.80 Å². The first kappa shape index (κ1) is 19.3. The van der Waals surface area contributed by atoms with Gasteiger partial charge in [-0.05, 0) is 46.7 Å². The monoisotopic (exact) mass is 418 g/mol. The number of thiophene rings is 1. The molecule has 0 aliphatic carbocycles. The average molecular weight is 419 g/mol. The zero-order valence-electron chi connectivity index (χ0n) is 17.0. The van der Waals surface area contributed by atoms with Gasteiger partial charge in [-0.1, -0.05) is 36.4 Å². The highest BCUT2D eigenvalue weighted by Crippen LogP contribution is 2.27. The molecule has 0 unspecified atom stereocenters. The smallest absolute Gasteiger partial charge is 0.228 e. The molecule has 2 aliphatic heterocycles.